The molecule has 0 aliphatic carbocycles. The number of anilines is 1. The molecule has 0 atom stereocenters. The number of para-hydroxylation sites is 1. The van der Waals surface area contributed by atoms with E-state index in [1.807, 2.05) is 53.9 Å². The van der Waals surface area contributed by atoms with Crippen LogP contribution in [0.1, 0.15) is 22.2 Å². The van der Waals surface area contributed by atoms with E-state index in [0.717, 1.165) is 33.2 Å². The second-order valence-electron chi connectivity index (χ2n) is 7.84. The molecule has 0 saturated heterocycles. The fourth-order valence-corrected chi connectivity index (χ4v) is 4.79. The summed E-state index contributed by atoms with van der Waals surface area (Å²) in [6, 6.07) is 26.8. The molecule has 0 aliphatic rings. The summed E-state index contributed by atoms with van der Waals surface area (Å²) in [5, 5.41) is 9.90. The maximum absolute atomic E-state index is 13.3. The summed E-state index contributed by atoms with van der Waals surface area (Å²) in [6.07, 6.45) is 1.70. The maximum atomic E-state index is 13.3. The van der Waals surface area contributed by atoms with Crippen LogP contribution in [0.25, 0.3) is 27.9 Å². The zero-order valence-corrected chi connectivity index (χ0v) is 19.4. The molecule has 2 aromatic heterocycles. The van der Waals surface area contributed by atoms with Crippen molar-refractivity contribution in [3.05, 3.63) is 106 Å². The van der Waals surface area contributed by atoms with Crippen molar-refractivity contribution in [3.8, 4) is 0 Å². The van der Waals surface area contributed by atoms with Gasteiger partial charge in [0.2, 0.25) is 0 Å². The van der Waals surface area contributed by atoms with Gasteiger partial charge >= 0.3 is 0 Å². The van der Waals surface area contributed by atoms with Crippen LogP contribution >= 0.6 is 11.3 Å². The maximum Gasteiger partial charge on any atom is 0.272 e. The third-order valence-corrected chi connectivity index (χ3v) is 6.52. The molecule has 34 heavy (non-hydrogen) atoms. The van der Waals surface area contributed by atoms with Crippen LogP contribution in [0.3, 0.4) is 0 Å². The van der Waals surface area contributed by atoms with Gasteiger partial charge in [-0.2, -0.15) is 0 Å². The molecule has 168 valence electrons. The molecule has 5 rings (SSSR count). The molecule has 0 bridgehead atoms. The number of carbonyl (C=O) groups excluding carboxylic acids is 2. The number of rotatable bonds is 6. The Morgan fingerprint density at radius 1 is 0.882 bits per heavy atom. The number of thiophene rings is 1. The van der Waals surface area contributed by atoms with Crippen LogP contribution in [0.4, 0.5) is 5.69 Å². The molecule has 2 amide bonds. The standard InChI is InChI=1S/C28H23N3O2S/c1-2-31-25-13-7-6-12-22(25)23-17-20(14-15-26(23)31)29-28(33)24(18-21-11-8-16-34-21)30-27(32)19-9-4-3-5-10-19/h3-18H,2H2,1H3,(H,29,33)(H,30,32)/b24-18-. The molecule has 0 fully saturated rings. The first-order valence-corrected chi connectivity index (χ1v) is 12.0. The van der Waals surface area contributed by atoms with Crippen molar-refractivity contribution in [2.45, 2.75) is 13.5 Å². The van der Waals surface area contributed by atoms with Gasteiger partial charge in [-0.05, 0) is 60.8 Å². The summed E-state index contributed by atoms with van der Waals surface area (Å²) in [4.78, 5) is 26.9. The number of nitrogens with zero attached hydrogens (tertiary/aromatic N) is 1. The van der Waals surface area contributed by atoms with Crippen LogP contribution in [0.2, 0.25) is 0 Å². The summed E-state index contributed by atoms with van der Waals surface area (Å²) >= 11 is 1.50. The quantitative estimate of drug-likeness (QED) is 0.290. The highest BCUT2D eigenvalue weighted by molar-refractivity contribution is 7.10. The number of aromatic nitrogens is 1. The molecule has 0 unspecified atom stereocenters. The van der Waals surface area contributed by atoms with Gasteiger partial charge < -0.3 is 15.2 Å². The Morgan fingerprint density at radius 3 is 2.41 bits per heavy atom. The summed E-state index contributed by atoms with van der Waals surface area (Å²) in [5.41, 5.74) is 3.63. The Bertz CT molecular complexity index is 1520. The van der Waals surface area contributed by atoms with Gasteiger partial charge in [0, 0.05) is 44.5 Å². The highest BCUT2D eigenvalue weighted by Crippen LogP contribution is 2.31. The van der Waals surface area contributed by atoms with Crippen molar-refractivity contribution in [1.29, 1.82) is 0 Å². The van der Waals surface area contributed by atoms with Crippen molar-refractivity contribution in [3.63, 3.8) is 0 Å². The van der Waals surface area contributed by atoms with E-state index in [1.54, 1.807) is 30.3 Å². The van der Waals surface area contributed by atoms with Crippen LogP contribution in [-0.2, 0) is 11.3 Å². The summed E-state index contributed by atoms with van der Waals surface area (Å²) in [6.45, 7) is 2.98. The molecule has 6 heteroatoms. The lowest BCUT2D eigenvalue weighted by molar-refractivity contribution is -0.113. The summed E-state index contributed by atoms with van der Waals surface area (Å²) in [5.74, 6) is -0.712. The zero-order valence-electron chi connectivity index (χ0n) is 18.6. The number of fused-ring (bicyclic) bond motifs is 3. The minimum Gasteiger partial charge on any atom is -0.341 e. The molecular weight excluding hydrogens is 442 g/mol. The Hall–Kier alpha value is -4.16. The number of nitrogens with one attached hydrogen (secondary N) is 2. The number of hydrogen-bond donors (Lipinski definition) is 2. The van der Waals surface area contributed by atoms with E-state index in [2.05, 4.69) is 34.3 Å². The van der Waals surface area contributed by atoms with E-state index < -0.39 is 0 Å². The van der Waals surface area contributed by atoms with Gasteiger partial charge in [0.1, 0.15) is 5.70 Å². The number of hydrogen-bond acceptors (Lipinski definition) is 3. The molecule has 3 aromatic carbocycles. The lowest BCUT2D eigenvalue weighted by Crippen LogP contribution is -2.30. The Morgan fingerprint density at radius 2 is 1.65 bits per heavy atom. The van der Waals surface area contributed by atoms with Crippen LogP contribution in [0.15, 0.2) is 96.0 Å². The molecule has 0 radical (unpaired) electrons. The number of benzene rings is 3. The minimum absolute atomic E-state index is 0.187. The predicted octanol–water partition coefficient (Wildman–Crippen LogP) is 6.29. The van der Waals surface area contributed by atoms with Crippen molar-refractivity contribution in [2.75, 3.05) is 5.32 Å². The van der Waals surface area contributed by atoms with E-state index in [1.165, 1.54) is 11.3 Å². The zero-order chi connectivity index (χ0) is 23.5. The number of amides is 2. The molecule has 5 nitrogen and oxygen atoms in total. The van der Waals surface area contributed by atoms with Gasteiger partial charge in [0.05, 0.1) is 0 Å². The molecule has 0 saturated carbocycles. The lowest BCUT2D eigenvalue weighted by Gasteiger charge is -2.11. The average Bonchev–Trinajstić information content (AvgIpc) is 3.49. The van der Waals surface area contributed by atoms with E-state index in [9.17, 15) is 9.59 Å². The highest BCUT2D eigenvalue weighted by atomic mass is 32.1. The van der Waals surface area contributed by atoms with Crippen LogP contribution < -0.4 is 10.6 Å². The van der Waals surface area contributed by atoms with Crippen molar-refractivity contribution in [1.82, 2.24) is 9.88 Å². The molecular formula is C28H23N3O2S. The Kier molecular flexibility index (Phi) is 5.97. The SMILES string of the molecule is CCn1c2ccccc2c2cc(NC(=O)/C(=C/c3cccs3)NC(=O)c3ccccc3)ccc21. The van der Waals surface area contributed by atoms with Crippen LogP contribution in [-0.4, -0.2) is 16.4 Å². The second-order valence-corrected chi connectivity index (χ2v) is 8.82. The van der Waals surface area contributed by atoms with Crippen LogP contribution in [0, 0.1) is 0 Å². The van der Waals surface area contributed by atoms with E-state index in [0.29, 0.717) is 11.3 Å². The Balaban J connectivity index is 1.47. The first kappa shape index (κ1) is 21.7. The fraction of sp³-hybridized carbons (Fsp3) is 0.0714. The monoisotopic (exact) mass is 465 g/mol. The number of carbonyl (C=O) groups is 2. The van der Waals surface area contributed by atoms with E-state index in [4.69, 9.17) is 0 Å². The minimum atomic E-state index is -0.378. The van der Waals surface area contributed by atoms with Crippen LogP contribution in [0.5, 0.6) is 0 Å². The molecule has 2 N–H and O–H groups in total. The molecule has 5 aromatic rings. The average molecular weight is 466 g/mol. The molecule has 0 spiro atoms. The van der Waals surface area contributed by atoms with Gasteiger partial charge in [0.15, 0.2) is 0 Å². The fourth-order valence-electron chi connectivity index (χ4n) is 4.13. The van der Waals surface area contributed by atoms with Crippen molar-refractivity contribution >= 4 is 56.7 Å². The van der Waals surface area contributed by atoms with E-state index in [-0.39, 0.29) is 17.5 Å². The summed E-state index contributed by atoms with van der Waals surface area (Å²) in [7, 11) is 0. The third kappa shape index (κ3) is 4.23. The first-order valence-electron chi connectivity index (χ1n) is 11.1. The largest absolute Gasteiger partial charge is 0.341 e. The predicted molar refractivity (Wildman–Crippen MR) is 140 cm³/mol. The highest BCUT2D eigenvalue weighted by Gasteiger charge is 2.16. The van der Waals surface area contributed by atoms with Crippen molar-refractivity contribution in [2.24, 2.45) is 0 Å². The first-order chi connectivity index (χ1) is 16.6. The van der Waals surface area contributed by atoms with Crippen molar-refractivity contribution < 1.29 is 9.59 Å². The molecule has 0 aliphatic heterocycles. The van der Waals surface area contributed by atoms with E-state index >= 15 is 0 Å². The Labute approximate surface area is 201 Å². The second kappa shape index (κ2) is 9.37. The normalized spacial score (nSPS) is 11.6. The van der Waals surface area contributed by atoms with Gasteiger partial charge in [0.25, 0.3) is 11.8 Å². The van der Waals surface area contributed by atoms with Gasteiger partial charge in [-0.15, -0.1) is 11.3 Å². The smallest absolute Gasteiger partial charge is 0.272 e. The number of aryl methyl sites for hydroxylation is 1. The lowest BCUT2D eigenvalue weighted by atomic mass is 10.1. The third-order valence-electron chi connectivity index (χ3n) is 5.71. The summed E-state index contributed by atoms with van der Waals surface area (Å²) < 4.78 is 2.26. The van der Waals surface area contributed by atoms with Gasteiger partial charge in [-0.25, -0.2) is 0 Å². The molecule has 2 heterocycles. The topological polar surface area (TPSA) is 63.1 Å². The van der Waals surface area contributed by atoms with Gasteiger partial charge in [-0.1, -0.05) is 42.5 Å². The van der Waals surface area contributed by atoms with Gasteiger partial charge in [-0.3, -0.25) is 9.59 Å².